The smallest absolute Gasteiger partial charge is 0.112 e. The minimum absolute atomic E-state index is 0.258. The largest absolute Gasteiger partial charge is 0.465 e. The molecule has 2 atom stereocenters. The molecule has 2 heteroatoms. The molecular formula is C18H23NO. The molecule has 0 bridgehead atoms. The van der Waals surface area contributed by atoms with Crippen molar-refractivity contribution < 1.29 is 4.74 Å². The van der Waals surface area contributed by atoms with Crippen LogP contribution in [0.5, 0.6) is 0 Å². The van der Waals surface area contributed by atoms with Crippen LogP contribution in [0, 0.1) is 5.92 Å². The van der Waals surface area contributed by atoms with E-state index >= 15 is 0 Å². The summed E-state index contributed by atoms with van der Waals surface area (Å²) in [5.41, 5.74) is 5.62. The summed E-state index contributed by atoms with van der Waals surface area (Å²) < 4.78 is 6.33. The monoisotopic (exact) mass is 269 g/mol. The Morgan fingerprint density at radius 3 is 2.65 bits per heavy atom. The molecule has 2 aliphatic carbocycles. The Morgan fingerprint density at radius 1 is 1.05 bits per heavy atom. The summed E-state index contributed by atoms with van der Waals surface area (Å²) in [4.78, 5) is 4.84. The van der Waals surface area contributed by atoms with Crippen LogP contribution in [0.2, 0.25) is 0 Å². The first-order chi connectivity index (χ1) is 9.74. The van der Waals surface area contributed by atoms with Gasteiger partial charge in [0, 0.05) is 18.1 Å². The number of hydrogen-bond acceptors (Lipinski definition) is 2. The molecular weight excluding hydrogens is 246 g/mol. The van der Waals surface area contributed by atoms with Crippen LogP contribution in [0.25, 0.3) is 0 Å². The lowest BCUT2D eigenvalue weighted by Gasteiger charge is -2.25. The van der Waals surface area contributed by atoms with Gasteiger partial charge >= 0.3 is 0 Å². The van der Waals surface area contributed by atoms with Crippen molar-refractivity contribution in [3.8, 4) is 0 Å². The fourth-order valence-electron chi connectivity index (χ4n) is 4.14. The van der Waals surface area contributed by atoms with Gasteiger partial charge < -0.3 is 4.74 Å². The Kier molecular flexibility index (Phi) is 2.87. The normalized spacial score (nSPS) is 32.7. The third-order valence-electron chi connectivity index (χ3n) is 5.35. The zero-order chi connectivity index (χ0) is 13.7. The van der Waals surface area contributed by atoms with E-state index in [1.807, 2.05) is 0 Å². The summed E-state index contributed by atoms with van der Waals surface area (Å²) in [5, 5.41) is 0. The van der Waals surface area contributed by atoms with E-state index in [2.05, 4.69) is 19.9 Å². The Balaban J connectivity index is 1.71. The zero-order valence-corrected chi connectivity index (χ0v) is 12.5. The summed E-state index contributed by atoms with van der Waals surface area (Å²) in [5.74, 6) is 3.20. The molecule has 2 nitrogen and oxygen atoms in total. The van der Waals surface area contributed by atoms with Crippen LogP contribution in [-0.2, 0) is 4.74 Å². The SMILES string of the molecule is CC1=CC(C2=C3OC4=C(CCCC4)C3CCC2)N=C1C. The van der Waals surface area contributed by atoms with Crippen molar-refractivity contribution in [2.45, 2.75) is 64.8 Å². The molecule has 0 spiro atoms. The number of ether oxygens (including phenoxy) is 1. The molecule has 0 aromatic rings. The highest BCUT2D eigenvalue weighted by Gasteiger charge is 2.39. The predicted molar refractivity (Wildman–Crippen MR) is 81.6 cm³/mol. The second kappa shape index (κ2) is 4.61. The standard InChI is InChI=1S/C18H23NO/c1-11-10-16(19-12(11)2)15-8-5-7-14-13-6-3-4-9-17(13)20-18(14)15/h10,14,16H,3-9H2,1-2H3. The van der Waals surface area contributed by atoms with Crippen LogP contribution in [0.4, 0.5) is 0 Å². The first-order valence-electron chi connectivity index (χ1n) is 8.10. The molecule has 0 N–H and O–H groups in total. The molecule has 0 saturated heterocycles. The van der Waals surface area contributed by atoms with E-state index in [-0.39, 0.29) is 6.04 Å². The summed E-state index contributed by atoms with van der Waals surface area (Å²) in [6.07, 6.45) is 11.1. The number of allylic oxidation sites excluding steroid dienone is 3. The quantitative estimate of drug-likeness (QED) is 0.677. The van der Waals surface area contributed by atoms with Crippen LogP contribution in [0.15, 0.2) is 39.3 Å². The first-order valence-corrected chi connectivity index (χ1v) is 8.10. The molecule has 20 heavy (non-hydrogen) atoms. The Bertz CT molecular complexity index is 558. The third kappa shape index (κ3) is 1.81. The van der Waals surface area contributed by atoms with Crippen LogP contribution < -0.4 is 0 Å². The van der Waals surface area contributed by atoms with Crippen molar-refractivity contribution in [2.24, 2.45) is 10.9 Å². The van der Waals surface area contributed by atoms with Gasteiger partial charge in [-0.25, -0.2) is 0 Å². The lowest BCUT2D eigenvalue weighted by atomic mass is 9.79. The lowest BCUT2D eigenvalue weighted by Crippen LogP contribution is -2.17. The Morgan fingerprint density at radius 2 is 1.85 bits per heavy atom. The molecule has 4 aliphatic rings. The number of fused-ring (bicyclic) bond motifs is 2. The maximum atomic E-state index is 6.33. The minimum atomic E-state index is 0.258. The van der Waals surface area contributed by atoms with Gasteiger partial charge in [-0.3, -0.25) is 4.99 Å². The van der Waals surface area contributed by atoms with Crippen molar-refractivity contribution in [1.29, 1.82) is 0 Å². The molecule has 4 rings (SSSR count). The van der Waals surface area contributed by atoms with E-state index in [0.717, 1.165) is 12.8 Å². The summed E-state index contributed by atoms with van der Waals surface area (Å²) in [6.45, 7) is 4.29. The van der Waals surface area contributed by atoms with E-state index in [1.54, 1.807) is 5.57 Å². The molecule has 0 amide bonds. The van der Waals surface area contributed by atoms with Gasteiger partial charge in [0.2, 0.25) is 0 Å². The fourth-order valence-corrected chi connectivity index (χ4v) is 4.14. The maximum absolute atomic E-state index is 6.33. The number of aliphatic imine (C=N–C) groups is 1. The third-order valence-corrected chi connectivity index (χ3v) is 5.35. The van der Waals surface area contributed by atoms with E-state index < -0.39 is 0 Å². The van der Waals surface area contributed by atoms with Gasteiger partial charge in [-0.15, -0.1) is 0 Å². The van der Waals surface area contributed by atoms with Gasteiger partial charge in [0.15, 0.2) is 0 Å². The van der Waals surface area contributed by atoms with Crippen LogP contribution >= 0.6 is 0 Å². The molecule has 0 aromatic carbocycles. The van der Waals surface area contributed by atoms with E-state index in [1.165, 1.54) is 60.5 Å². The van der Waals surface area contributed by atoms with Gasteiger partial charge in [0.05, 0.1) is 6.04 Å². The molecule has 2 unspecified atom stereocenters. The highest BCUT2D eigenvalue weighted by Crippen LogP contribution is 2.49. The first kappa shape index (κ1) is 12.4. The summed E-state index contributed by atoms with van der Waals surface area (Å²) in [6, 6.07) is 0.258. The van der Waals surface area contributed by atoms with Crippen molar-refractivity contribution in [2.75, 3.05) is 0 Å². The second-order valence-corrected chi connectivity index (χ2v) is 6.60. The maximum Gasteiger partial charge on any atom is 0.112 e. The van der Waals surface area contributed by atoms with Gasteiger partial charge in [-0.1, -0.05) is 6.08 Å². The second-order valence-electron chi connectivity index (χ2n) is 6.60. The summed E-state index contributed by atoms with van der Waals surface area (Å²) in [7, 11) is 0. The van der Waals surface area contributed by atoms with Gasteiger partial charge in [0.25, 0.3) is 0 Å². The predicted octanol–water partition coefficient (Wildman–Crippen LogP) is 4.69. The Labute approximate surface area is 121 Å². The average molecular weight is 269 g/mol. The van der Waals surface area contributed by atoms with Crippen LogP contribution in [0.3, 0.4) is 0 Å². The molecule has 2 aliphatic heterocycles. The number of rotatable bonds is 1. The van der Waals surface area contributed by atoms with Gasteiger partial charge in [0.1, 0.15) is 11.5 Å². The van der Waals surface area contributed by atoms with Crippen molar-refractivity contribution in [3.05, 3.63) is 34.3 Å². The number of hydrogen-bond donors (Lipinski definition) is 0. The molecule has 2 heterocycles. The molecule has 0 radical (unpaired) electrons. The van der Waals surface area contributed by atoms with Gasteiger partial charge in [-0.05, 0) is 69.1 Å². The zero-order valence-electron chi connectivity index (χ0n) is 12.5. The molecule has 0 aromatic heterocycles. The molecule has 0 saturated carbocycles. The van der Waals surface area contributed by atoms with E-state index in [0.29, 0.717) is 5.92 Å². The topological polar surface area (TPSA) is 21.6 Å². The van der Waals surface area contributed by atoms with Crippen molar-refractivity contribution in [1.82, 2.24) is 0 Å². The van der Waals surface area contributed by atoms with Crippen LogP contribution in [0.1, 0.15) is 58.8 Å². The molecule has 106 valence electrons. The molecule has 0 fully saturated rings. The van der Waals surface area contributed by atoms with Crippen LogP contribution in [-0.4, -0.2) is 11.8 Å². The highest BCUT2D eigenvalue weighted by molar-refractivity contribution is 6.00. The minimum Gasteiger partial charge on any atom is -0.465 e. The van der Waals surface area contributed by atoms with E-state index in [9.17, 15) is 0 Å². The van der Waals surface area contributed by atoms with Crippen molar-refractivity contribution >= 4 is 5.71 Å². The highest BCUT2D eigenvalue weighted by atomic mass is 16.5. The average Bonchev–Trinajstić information content (AvgIpc) is 2.99. The van der Waals surface area contributed by atoms with Gasteiger partial charge in [-0.2, -0.15) is 0 Å². The summed E-state index contributed by atoms with van der Waals surface area (Å²) >= 11 is 0. The lowest BCUT2D eigenvalue weighted by molar-refractivity contribution is 0.269. The Hall–Kier alpha value is -1.31. The van der Waals surface area contributed by atoms with Crippen molar-refractivity contribution in [3.63, 3.8) is 0 Å². The van der Waals surface area contributed by atoms with E-state index in [4.69, 9.17) is 9.73 Å². The fraction of sp³-hybridized carbons (Fsp3) is 0.611. The number of nitrogens with zero attached hydrogens (tertiary/aromatic N) is 1.